The van der Waals surface area contributed by atoms with Gasteiger partial charge in [-0.25, -0.2) is 0 Å². The van der Waals surface area contributed by atoms with E-state index in [1.54, 1.807) is 0 Å². The van der Waals surface area contributed by atoms with Crippen LogP contribution in [0.2, 0.25) is 0 Å². The van der Waals surface area contributed by atoms with E-state index in [2.05, 4.69) is 20.8 Å². The maximum atomic E-state index is 10.6. The SMILES string of the molecule is C[N+]1(C[C@H]2CC(=O)N2)N=CN=N1. The number of hydrogen-bond donors (Lipinski definition) is 1. The zero-order valence-corrected chi connectivity index (χ0v) is 6.77. The Labute approximate surface area is 69.5 Å². The second-order valence-corrected chi connectivity index (χ2v) is 3.18. The Kier molecular flexibility index (Phi) is 1.44. The minimum absolute atomic E-state index is 0.103. The van der Waals surface area contributed by atoms with Crippen molar-refractivity contribution >= 4 is 12.2 Å². The molecular formula is C6H10N5O+. The van der Waals surface area contributed by atoms with Crippen LogP contribution in [-0.4, -0.2) is 36.6 Å². The highest BCUT2D eigenvalue weighted by atomic mass is 16.2. The Morgan fingerprint density at radius 3 is 3.08 bits per heavy atom. The molecule has 0 aliphatic carbocycles. The fourth-order valence-corrected chi connectivity index (χ4v) is 1.33. The Balaban J connectivity index is 1.91. The smallest absolute Gasteiger partial charge is 0.222 e. The molecule has 1 saturated heterocycles. The number of amides is 1. The molecule has 0 aromatic rings. The van der Waals surface area contributed by atoms with E-state index in [0.29, 0.717) is 13.0 Å². The monoisotopic (exact) mass is 168 g/mol. The topological polar surface area (TPSA) is 66.2 Å². The van der Waals surface area contributed by atoms with Gasteiger partial charge in [0.1, 0.15) is 7.05 Å². The number of β-lactam (4-membered cyclic amide) rings is 1. The molecule has 6 nitrogen and oxygen atoms in total. The second kappa shape index (κ2) is 2.34. The first-order valence-corrected chi connectivity index (χ1v) is 3.79. The standard InChI is InChI=1S/C6H9N5O/c1-11(8-4-7-10-11)3-5-2-6(12)9-5/h4-5H,2-3H2,1H3/p+1/t5-,11?/m1/s1. The van der Waals surface area contributed by atoms with Gasteiger partial charge in [0, 0.05) is 0 Å². The second-order valence-electron chi connectivity index (χ2n) is 3.18. The highest BCUT2D eigenvalue weighted by Crippen LogP contribution is 2.15. The molecule has 0 aromatic heterocycles. The molecule has 1 amide bonds. The summed E-state index contributed by atoms with van der Waals surface area (Å²) in [5.41, 5.74) is 0. The van der Waals surface area contributed by atoms with E-state index in [1.807, 2.05) is 7.05 Å². The van der Waals surface area contributed by atoms with Gasteiger partial charge in [-0.2, -0.15) is 0 Å². The molecule has 6 heteroatoms. The summed E-state index contributed by atoms with van der Waals surface area (Å²) in [6.45, 7) is 0.686. The minimum Gasteiger partial charge on any atom is -0.347 e. The van der Waals surface area contributed by atoms with E-state index in [9.17, 15) is 4.79 Å². The van der Waals surface area contributed by atoms with Gasteiger partial charge < -0.3 is 5.32 Å². The van der Waals surface area contributed by atoms with Crippen LogP contribution in [0.25, 0.3) is 0 Å². The summed E-state index contributed by atoms with van der Waals surface area (Å²) in [4.78, 5) is 10.6. The molecule has 0 radical (unpaired) electrons. The van der Waals surface area contributed by atoms with Gasteiger partial charge in [-0.3, -0.25) is 4.79 Å². The number of quaternary nitrogens is 1. The van der Waals surface area contributed by atoms with Crippen molar-refractivity contribution in [3.05, 3.63) is 0 Å². The zero-order valence-electron chi connectivity index (χ0n) is 6.77. The van der Waals surface area contributed by atoms with Crippen LogP contribution < -0.4 is 5.32 Å². The van der Waals surface area contributed by atoms with E-state index < -0.39 is 0 Å². The largest absolute Gasteiger partial charge is 0.347 e. The first-order chi connectivity index (χ1) is 5.68. The lowest BCUT2D eigenvalue weighted by molar-refractivity contribution is -0.924. The molecular weight excluding hydrogens is 158 g/mol. The fourth-order valence-electron chi connectivity index (χ4n) is 1.33. The molecule has 64 valence electrons. The van der Waals surface area contributed by atoms with Crippen molar-refractivity contribution in [3.8, 4) is 0 Å². The van der Waals surface area contributed by atoms with Gasteiger partial charge in [0.2, 0.25) is 12.2 Å². The van der Waals surface area contributed by atoms with Crippen LogP contribution >= 0.6 is 0 Å². The minimum atomic E-state index is 0.103. The highest BCUT2D eigenvalue weighted by molar-refractivity contribution is 5.82. The maximum absolute atomic E-state index is 10.6. The summed E-state index contributed by atoms with van der Waals surface area (Å²) in [5.74, 6) is 0.103. The maximum Gasteiger partial charge on any atom is 0.222 e. The summed E-state index contributed by atoms with van der Waals surface area (Å²) >= 11 is 0. The van der Waals surface area contributed by atoms with E-state index in [4.69, 9.17) is 0 Å². The number of likely N-dealkylation sites (N-methyl/N-ethyl adjacent to an activating group) is 1. The first-order valence-electron chi connectivity index (χ1n) is 3.79. The van der Waals surface area contributed by atoms with Crippen LogP contribution in [0.15, 0.2) is 15.4 Å². The highest BCUT2D eigenvalue weighted by Gasteiger charge is 2.36. The predicted octanol–water partition coefficient (Wildman–Crippen LogP) is -0.354. The van der Waals surface area contributed by atoms with Gasteiger partial charge in [-0.05, 0) is 5.10 Å². The van der Waals surface area contributed by atoms with Gasteiger partial charge in [0.05, 0.1) is 17.7 Å². The molecule has 1 fully saturated rings. The molecule has 2 atom stereocenters. The number of carbonyl (C=O) groups excluding carboxylic acids is 1. The van der Waals surface area contributed by atoms with Crippen molar-refractivity contribution in [3.63, 3.8) is 0 Å². The number of nitrogens with one attached hydrogen (secondary N) is 1. The van der Waals surface area contributed by atoms with Gasteiger partial charge in [-0.15, -0.1) is 0 Å². The molecule has 12 heavy (non-hydrogen) atoms. The average molecular weight is 168 g/mol. The van der Waals surface area contributed by atoms with Gasteiger partial charge in [-0.1, -0.05) is 9.82 Å². The van der Waals surface area contributed by atoms with Crippen molar-refractivity contribution in [1.29, 1.82) is 0 Å². The van der Waals surface area contributed by atoms with Gasteiger partial charge >= 0.3 is 0 Å². The van der Waals surface area contributed by atoms with Crippen LogP contribution in [0, 0.1) is 0 Å². The summed E-state index contributed by atoms with van der Waals surface area (Å²) in [6, 6.07) is 0.205. The Morgan fingerprint density at radius 2 is 2.58 bits per heavy atom. The number of hydrogen-bond acceptors (Lipinski definition) is 4. The van der Waals surface area contributed by atoms with Gasteiger partial charge in [0.15, 0.2) is 6.54 Å². The molecule has 1 N–H and O–H groups in total. The van der Waals surface area contributed by atoms with Crippen molar-refractivity contribution in [2.24, 2.45) is 15.4 Å². The molecule has 0 saturated carbocycles. The lowest BCUT2D eigenvalue weighted by atomic mass is 10.1. The summed E-state index contributed by atoms with van der Waals surface area (Å²) in [7, 11) is 1.84. The van der Waals surface area contributed by atoms with Gasteiger partial charge in [0.25, 0.3) is 0 Å². The van der Waals surface area contributed by atoms with Crippen molar-refractivity contribution < 1.29 is 9.50 Å². The summed E-state index contributed by atoms with van der Waals surface area (Å²) < 4.78 is 0.199. The molecule has 0 bridgehead atoms. The average Bonchev–Trinajstić information content (AvgIpc) is 2.33. The van der Waals surface area contributed by atoms with Crippen LogP contribution in [0.1, 0.15) is 6.42 Å². The molecule has 2 rings (SSSR count). The Bertz CT molecular complexity index is 251. The first kappa shape index (κ1) is 7.35. The molecule has 2 aliphatic heterocycles. The van der Waals surface area contributed by atoms with E-state index >= 15 is 0 Å². The lowest BCUT2D eigenvalue weighted by Crippen LogP contribution is -2.56. The van der Waals surface area contributed by atoms with Crippen LogP contribution in [0.4, 0.5) is 0 Å². The Morgan fingerprint density at radius 1 is 1.83 bits per heavy atom. The third-order valence-corrected chi connectivity index (χ3v) is 1.96. The quantitative estimate of drug-likeness (QED) is 0.444. The van der Waals surface area contributed by atoms with Crippen LogP contribution in [-0.2, 0) is 4.79 Å². The van der Waals surface area contributed by atoms with E-state index in [1.165, 1.54) is 6.34 Å². The molecule has 2 aliphatic rings. The third kappa shape index (κ3) is 1.20. The molecule has 0 aromatic carbocycles. The molecule has 1 unspecified atom stereocenters. The normalized spacial score (nSPS) is 38.1. The summed E-state index contributed by atoms with van der Waals surface area (Å²) in [6.07, 6.45) is 2.01. The predicted molar refractivity (Wildman–Crippen MR) is 40.9 cm³/mol. The Hall–Kier alpha value is -1.30. The lowest BCUT2D eigenvalue weighted by Gasteiger charge is -2.29. The number of carbonyl (C=O) groups is 1. The van der Waals surface area contributed by atoms with Crippen molar-refractivity contribution in [2.75, 3.05) is 13.6 Å². The van der Waals surface area contributed by atoms with Crippen molar-refractivity contribution in [1.82, 2.24) is 5.32 Å². The summed E-state index contributed by atoms with van der Waals surface area (Å²) in [5, 5.41) is 14.4. The van der Waals surface area contributed by atoms with E-state index in [0.717, 1.165) is 0 Å². The van der Waals surface area contributed by atoms with E-state index in [-0.39, 0.29) is 16.7 Å². The third-order valence-electron chi connectivity index (χ3n) is 1.96. The fraction of sp³-hybridized carbons (Fsp3) is 0.667. The molecule has 2 heterocycles. The van der Waals surface area contributed by atoms with Crippen LogP contribution in [0.3, 0.4) is 0 Å². The van der Waals surface area contributed by atoms with Crippen molar-refractivity contribution in [2.45, 2.75) is 12.5 Å². The number of nitrogens with zero attached hydrogens (tertiary/aromatic N) is 4. The molecule has 0 spiro atoms. The zero-order chi connectivity index (χ0) is 8.60. The number of rotatable bonds is 2. The van der Waals surface area contributed by atoms with Crippen LogP contribution in [0.5, 0.6) is 0 Å².